The molecule has 0 saturated heterocycles. The predicted octanol–water partition coefficient (Wildman–Crippen LogP) is 7.40. The van der Waals surface area contributed by atoms with Crippen molar-refractivity contribution in [3.63, 3.8) is 0 Å². The summed E-state index contributed by atoms with van der Waals surface area (Å²) >= 11 is 0. The Labute approximate surface area is 173 Å². The van der Waals surface area contributed by atoms with Crippen molar-refractivity contribution in [2.45, 2.75) is 45.4 Å². The van der Waals surface area contributed by atoms with Crippen LogP contribution in [-0.4, -0.2) is 0 Å². The van der Waals surface area contributed by atoms with Crippen molar-refractivity contribution in [1.29, 1.82) is 0 Å². The lowest BCUT2D eigenvalue weighted by Gasteiger charge is -2.65. The second kappa shape index (κ2) is 5.02. The van der Waals surface area contributed by atoms with Gasteiger partial charge in [-0.3, -0.25) is 0 Å². The van der Waals surface area contributed by atoms with Gasteiger partial charge in [-0.2, -0.15) is 0 Å². The number of hydrogen-bond donors (Lipinski definition) is 0. The number of fused-ring (bicyclic) bond motifs is 2. The van der Waals surface area contributed by atoms with E-state index in [1.807, 2.05) is 0 Å². The van der Waals surface area contributed by atoms with Gasteiger partial charge in [0.1, 0.15) is 0 Å². The molecule has 0 radical (unpaired) electrons. The molecule has 1 spiro atoms. The Morgan fingerprint density at radius 2 is 1.24 bits per heavy atom. The van der Waals surface area contributed by atoms with Crippen molar-refractivity contribution in [3.05, 3.63) is 101 Å². The molecule has 0 aromatic heterocycles. The van der Waals surface area contributed by atoms with Crippen molar-refractivity contribution >= 4 is 17.1 Å². The van der Waals surface area contributed by atoms with E-state index in [4.69, 9.17) is 0 Å². The van der Waals surface area contributed by atoms with E-state index in [0.717, 1.165) is 0 Å². The van der Waals surface area contributed by atoms with Gasteiger partial charge in [0.05, 0.1) is 11.4 Å². The first-order chi connectivity index (χ1) is 13.9. The largest absolute Gasteiger partial charge is 0.310 e. The van der Waals surface area contributed by atoms with Crippen LogP contribution in [0.4, 0.5) is 17.1 Å². The Bertz CT molecular complexity index is 1220. The van der Waals surface area contributed by atoms with Gasteiger partial charge in [0.25, 0.3) is 0 Å². The molecule has 3 aromatic carbocycles. The predicted molar refractivity (Wildman–Crippen MR) is 121 cm³/mol. The number of hydrogen-bond acceptors (Lipinski definition) is 1. The number of para-hydroxylation sites is 2. The lowest BCUT2D eigenvalue weighted by Crippen LogP contribution is -2.63. The van der Waals surface area contributed by atoms with Crippen LogP contribution in [0.1, 0.15) is 51.3 Å². The number of benzene rings is 3. The van der Waals surface area contributed by atoms with Crippen LogP contribution in [-0.2, 0) is 10.8 Å². The van der Waals surface area contributed by atoms with Crippen LogP contribution < -0.4 is 4.90 Å². The molecule has 0 bridgehead atoms. The SMILES string of the molecule is CC1=C(C)C2(C)c3cccc4c3C2(c2ccccc2N4c2ccccc2)C1(C)C. The number of anilines is 3. The summed E-state index contributed by atoms with van der Waals surface area (Å²) < 4.78 is 0. The van der Waals surface area contributed by atoms with Gasteiger partial charge in [-0.25, -0.2) is 0 Å². The van der Waals surface area contributed by atoms with E-state index in [1.54, 1.807) is 11.1 Å². The average Bonchev–Trinajstić information content (AvgIpc) is 2.83. The molecule has 0 saturated carbocycles. The molecule has 1 heterocycles. The summed E-state index contributed by atoms with van der Waals surface area (Å²) in [6, 6.07) is 26.9. The first kappa shape index (κ1) is 17.1. The molecule has 6 rings (SSSR count). The van der Waals surface area contributed by atoms with Gasteiger partial charge in [-0.1, -0.05) is 80.4 Å². The molecule has 144 valence electrons. The van der Waals surface area contributed by atoms with E-state index in [1.165, 1.54) is 33.8 Å². The Balaban J connectivity index is 1.79. The van der Waals surface area contributed by atoms with Gasteiger partial charge < -0.3 is 4.90 Å². The van der Waals surface area contributed by atoms with E-state index in [0.29, 0.717) is 0 Å². The maximum absolute atomic E-state index is 2.49. The zero-order valence-electron chi connectivity index (χ0n) is 17.9. The van der Waals surface area contributed by atoms with E-state index < -0.39 is 0 Å². The van der Waals surface area contributed by atoms with Crippen molar-refractivity contribution in [2.24, 2.45) is 5.41 Å². The summed E-state index contributed by atoms with van der Waals surface area (Å²) in [5.41, 5.74) is 11.6. The molecule has 1 nitrogen and oxygen atoms in total. The maximum Gasteiger partial charge on any atom is 0.0506 e. The van der Waals surface area contributed by atoms with Crippen molar-refractivity contribution in [3.8, 4) is 0 Å². The van der Waals surface area contributed by atoms with Gasteiger partial charge in [-0.05, 0) is 54.8 Å². The third-order valence-corrected chi connectivity index (χ3v) is 8.70. The maximum atomic E-state index is 2.49. The molecular weight excluding hydrogens is 350 g/mol. The lowest BCUT2D eigenvalue weighted by molar-refractivity contribution is 0.156. The summed E-state index contributed by atoms with van der Waals surface area (Å²) in [4.78, 5) is 2.47. The van der Waals surface area contributed by atoms with Gasteiger partial charge in [-0.15, -0.1) is 0 Å². The standard InChI is InChI=1S/C28H27N/c1-18-19(2)27(5)22-15-11-17-24-25(22)28(27,26(18,3)4)21-14-9-10-16-23(21)29(24)20-12-7-6-8-13-20/h6-17H,1-5H3. The molecule has 2 aliphatic carbocycles. The molecule has 29 heavy (non-hydrogen) atoms. The van der Waals surface area contributed by atoms with Gasteiger partial charge in [0.2, 0.25) is 0 Å². The normalized spacial score (nSPS) is 27.8. The Hall–Kier alpha value is -2.80. The van der Waals surface area contributed by atoms with Crippen molar-refractivity contribution in [2.75, 3.05) is 4.90 Å². The second-order valence-electron chi connectivity index (χ2n) is 9.64. The highest BCUT2D eigenvalue weighted by Gasteiger charge is 2.74. The summed E-state index contributed by atoms with van der Waals surface area (Å²) in [6.45, 7) is 12.1. The molecule has 2 unspecified atom stereocenters. The van der Waals surface area contributed by atoms with Crippen LogP contribution in [0.3, 0.4) is 0 Å². The first-order valence-corrected chi connectivity index (χ1v) is 10.7. The third kappa shape index (κ3) is 1.53. The minimum absolute atomic E-state index is 0.0119. The van der Waals surface area contributed by atoms with E-state index in [-0.39, 0.29) is 16.2 Å². The summed E-state index contributed by atoms with van der Waals surface area (Å²) in [7, 11) is 0. The molecule has 1 aliphatic heterocycles. The highest BCUT2D eigenvalue weighted by Crippen LogP contribution is 2.79. The summed E-state index contributed by atoms with van der Waals surface area (Å²) in [6.07, 6.45) is 0. The second-order valence-corrected chi connectivity index (χ2v) is 9.64. The third-order valence-electron chi connectivity index (χ3n) is 8.70. The Kier molecular flexibility index (Phi) is 2.96. The minimum atomic E-state index is -0.0119. The first-order valence-electron chi connectivity index (χ1n) is 10.7. The van der Waals surface area contributed by atoms with Crippen LogP contribution >= 0.6 is 0 Å². The van der Waals surface area contributed by atoms with Gasteiger partial charge >= 0.3 is 0 Å². The molecule has 0 amide bonds. The van der Waals surface area contributed by atoms with Crippen LogP contribution in [0.25, 0.3) is 0 Å². The summed E-state index contributed by atoms with van der Waals surface area (Å²) in [5, 5.41) is 0. The zero-order valence-corrected chi connectivity index (χ0v) is 17.9. The molecule has 3 aliphatic rings. The molecule has 0 fully saturated rings. The Morgan fingerprint density at radius 1 is 0.621 bits per heavy atom. The van der Waals surface area contributed by atoms with Gasteiger partial charge in [0.15, 0.2) is 0 Å². The van der Waals surface area contributed by atoms with Crippen LogP contribution in [0.15, 0.2) is 83.9 Å². The fraction of sp³-hybridized carbons (Fsp3) is 0.286. The molecule has 2 atom stereocenters. The lowest BCUT2D eigenvalue weighted by atomic mass is 9.38. The molecular formula is C28H27N. The quantitative estimate of drug-likeness (QED) is 0.399. The minimum Gasteiger partial charge on any atom is -0.310 e. The highest BCUT2D eigenvalue weighted by atomic mass is 15.2. The molecule has 1 heteroatoms. The van der Waals surface area contributed by atoms with E-state index in [9.17, 15) is 0 Å². The van der Waals surface area contributed by atoms with E-state index in [2.05, 4.69) is 112 Å². The average molecular weight is 378 g/mol. The fourth-order valence-electron chi connectivity index (χ4n) is 7.18. The number of rotatable bonds is 1. The van der Waals surface area contributed by atoms with Gasteiger partial charge in [0, 0.05) is 21.9 Å². The van der Waals surface area contributed by atoms with E-state index >= 15 is 0 Å². The van der Waals surface area contributed by atoms with Crippen LogP contribution in [0.2, 0.25) is 0 Å². The smallest absolute Gasteiger partial charge is 0.0506 e. The monoisotopic (exact) mass is 377 g/mol. The van der Waals surface area contributed by atoms with Crippen molar-refractivity contribution in [1.82, 2.24) is 0 Å². The van der Waals surface area contributed by atoms with Crippen LogP contribution in [0, 0.1) is 5.41 Å². The number of nitrogens with zero attached hydrogens (tertiary/aromatic N) is 1. The molecule has 3 aromatic rings. The Morgan fingerprint density at radius 3 is 2.00 bits per heavy atom. The fourth-order valence-corrected chi connectivity index (χ4v) is 7.18. The topological polar surface area (TPSA) is 3.24 Å². The highest BCUT2D eigenvalue weighted by molar-refractivity contribution is 5.93. The zero-order chi connectivity index (χ0) is 20.2. The number of allylic oxidation sites excluding steroid dienone is 2. The molecule has 0 N–H and O–H groups in total. The van der Waals surface area contributed by atoms with Crippen LogP contribution in [0.5, 0.6) is 0 Å². The summed E-state index contributed by atoms with van der Waals surface area (Å²) in [5.74, 6) is 0. The van der Waals surface area contributed by atoms with Crippen molar-refractivity contribution < 1.29 is 0 Å².